The van der Waals surface area contributed by atoms with Crippen LogP contribution in [-0.2, 0) is 6.54 Å². The number of phenolic OH excluding ortho intramolecular Hbond substituents is 1. The second-order valence-corrected chi connectivity index (χ2v) is 5.01. The van der Waals surface area contributed by atoms with Crippen LogP contribution in [0.4, 0.5) is 0 Å². The van der Waals surface area contributed by atoms with Crippen molar-refractivity contribution in [2.45, 2.75) is 39.0 Å². The number of aromatic hydroxyl groups is 1. The molecule has 0 amide bonds. The summed E-state index contributed by atoms with van der Waals surface area (Å²) in [7, 11) is 0. The van der Waals surface area contributed by atoms with Crippen LogP contribution in [0.5, 0.6) is 5.75 Å². The summed E-state index contributed by atoms with van der Waals surface area (Å²) >= 11 is 3.28. The molecule has 0 saturated carbocycles. The molecule has 0 heterocycles. The number of rotatable bonds is 5. The molecule has 0 saturated heterocycles. The van der Waals surface area contributed by atoms with Crippen LogP contribution in [0.25, 0.3) is 0 Å². The molecule has 0 aliphatic heterocycles. The summed E-state index contributed by atoms with van der Waals surface area (Å²) < 4.78 is 0.704. The van der Waals surface area contributed by atoms with Gasteiger partial charge in [0.1, 0.15) is 5.75 Å². The van der Waals surface area contributed by atoms with Gasteiger partial charge in [-0.2, -0.15) is 0 Å². The van der Waals surface area contributed by atoms with Gasteiger partial charge in [0, 0.05) is 12.6 Å². The Labute approximate surface area is 105 Å². The van der Waals surface area contributed by atoms with Gasteiger partial charge in [0.2, 0.25) is 0 Å². The summed E-state index contributed by atoms with van der Waals surface area (Å²) in [5, 5.41) is 21.9. The van der Waals surface area contributed by atoms with Gasteiger partial charge in [-0.3, -0.25) is 0 Å². The van der Waals surface area contributed by atoms with Gasteiger partial charge in [0.15, 0.2) is 0 Å². The molecule has 3 N–H and O–H groups in total. The zero-order valence-electron chi connectivity index (χ0n) is 9.57. The SMILES string of the molecule is CC(O)CC(C)NCc1ccc(O)c(Br)c1. The Morgan fingerprint density at radius 3 is 2.62 bits per heavy atom. The molecule has 16 heavy (non-hydrogen) atoms. The van der Waals surface area contributed by atoms with Gasteiger partial charge in [0.05, 0.1) is 10.6 Å². The Morgan fingerprint density at radius 1 is 1.38 bits per heavy atom. The second-order valence-electron chi connectivity index (χ2n) is 4.15. The molecule has 0 radical (unpaired) electrons. The lowest BCUT2D eigenvalue weighted by Gasteiger charge is -2.15. The van der Waals surface area contributed by atoms with E-state index in [4.69, 9.17) is 0 Å². The third kappa shape index (κ3) is 4.51. The Balaban J connectivity index is 2.45. The maximum atomic E-state index is 9.34. The van der Waals surface area contributed by atoms with Crippen molar-refractivity contribution in [2.75, 3.05) is 0 Å². The minimum absolute atomic E-state index is 0.251. The van der Waals surface area contributed by atoms with Gasteiger partial charge in [0.25, 0.3) is 0 Å². The van der Waals surface area contributed by atoms with Gasteiger partial charge in [-0.25, -0.2) is 0 Å². The molecule has 2 atom stereocenters. The van der Waals surface area contributed by atoms with Crippen molar-refractivity contribution in [3.8, 4) is 5.75 Å². The summed E-state index contributed by atoms with van der Waals surface area (Å²) in [5.74, 6) is 0.251. The van der Waals surface area contributed by atoms with Gasteiger partial charge in [-0.05, 0) is 53.9 Å². The van der Waals surface area contributed by atoms with Crippen LogP contribution in [0.2, 0.25) is 0 Å². The summed E-state index contributed by atoms with van der Waals surface area (Å²) in [6, 6.07) is 5.70. The van der Waals surface area contributed by atoms with Crippen molar-refractivity contribution in [1.29, 1.82) is 0 Å². The molecular weight excluding hydrogens is 270 g/mol. The topological polar surface area (TPSA) is 52.5 Å². The minimum atomic E-state index is -0.283. The van der Waals surface area contributed by atoms with Crippen molar-refractivity contribution in [1.82, 2.24) is 5.32 Å². The number of hydrogen-bond acceptors (Lipinski definition) is 3. The number of halogens is 1. The fourth-order valence-corrected chi connectivity index (χ4v) is 1.97. The molecule has 0 fully saturated rings. The first kappa shape index (κ1) is 13.5. The molecule has 1 aromatic rings. The molecule has 0 spiro atoms. The highest BCUT2D eigenvalue weighted by atomic mass is 79.9. The van der Waals surface area contributed by atoms with Crippen molar-refractivity contribution < 1.29 is 10.2 Å². The summed E-state index contributed by atoms with van der Waals surface area (Å²) in [5.41, 5.74) is 1.10. The van der Waals surface area contributed by atoms with E-state index in [1.54, 1.807) is 13.0 Å². The van der Waals surface area contributed by atoms with Crippen LogP contribution in [0.3, 0.4) is 0 Å². The molecule has 2 unspecified atom stereocenters. The summed E-state index contributed by atoms with van der Waals surface area (Å²) in [6.07, 6.45) is 0.452. The Kier molecular flexibility index (Phi) is 5.25. The van der Waals surface area contributed by atoms with Crippen LogP contribution in [0, 0.1) is 0 Å². The van der Waals surface area contributed by atoms with Crippen LogP contribution in [0.1, 0.15) is 25.8 Å². The summed E-state index contributed by atoms with van der Waals surface area (Å²) in [6.45, 7) is 4.56. The molecule has 1 aromatic carbocycles. The maximum absolute atomic E-state index is 9.34. The van der Waals surface area contributed by atoms with Gasteiger partial charge >= 0.3 is 0 Å². The van der Waals surface area contributed by atoms with Gasteiger partial charge < -0.3 is 15.5 Å². The fraction of sp³-hybridized carbons (Fsp3) is 0.500. The largest absolute Gasteiger partial charge is 0.507 e. The van der Waals surface area contributed by atoms with E-state index in [9.17, 15) is 10.2 Å². The molecule has 90 valence electrons. The normalized spacial score (nSPS) is 14.8. The van der Waals surface area contributed by atoms with Crippen LogP contribution >= 0.6 is 15.9 Å². The predicted octanol–water partition coefficient (Wildman–Crippen LogP) is 2.40. The van der Waals surface area contributed by atoms with Crippen LogP contribution in [-0.4, -0.2) is 22.4 Å². The van der Waals surface area contributed by atoms with E-state index < -0.39 is 0 Å². The first-order valence-electron chi connectivity index (χ1n) is 5.38. The van der Waals surface area contributed by atoms with E-state index in [0.717, 1.165) is 18.5 Å². The first-order chi connectivity index (χ1) is 7.49. The number of aliphatic hydroxyl groups excluding tert-OH is 1. The lowest BCUT2D eigenvalue weighted by molar-refractivity contribution is 0.170. The number of phenols is 1. The minimum Gasteiger partial charge on any atom is -0.507 e. The van der Waals surface area contributed by atoms with Crippen LogP contribution < -0.4 is 5.32 Å². The van der Waals surface area contributed by atoms with Crippen LogP contribution in [0.15, 0.2) is 22.7 Å². The molecule has 0 aromatic heterocycles. The lowest BCUT2D eigenvalue weighted by atomic mass is 10.1. The van der Waals surface area contributed by atoms with Crippen molar-refractivity contribution >= 4 is 15.9 Å². The van der Waals surface area contributed by atoms with Crippen molar-refractivity contribution in [3.05, 3.63) is 28.2 Å². The Hall–Kier alpha value is -0.580. The third-order valence-electron chi connectivity index (χ3n) is 2.36. The number of aliphatic hydroxyl groups is 1. The molecule has 0 aliphatic carbocycles. The number of hydrogen-bond donors (Lipinski definition) is 3. The van der Waals surface area contributed by atoms with E-state index in [0.29, 0.717) is 4.47 Å². The smallest absolute Gasteiger partial charge is 0.129 e. The van der Waals surface area contributed by atoms with Gasteiger partial charge in [-0.1, -0.05) is 6.07 Å². The highest BCUT2D eigenvalue weighted by molar-refractivity contribution is 9.10. The van der Waals surface area contributed by atoms with E-state index in [-0.39, 0.29) is 17.9 Å². The fourth-order valence-electron chi connectivity index (χ4n) is 1.55. The Morgan fingerprint density at radius 2 is 2.06 bits per heavy atom. The van der Waals surface area contributed by atoms with E-state index in [1.807, 2.05) is 19.1 Å². The van der Waals surface area contributed by atoms with Gasteiger partial charge in [-0.15, -0.1) is 0 Å². The first-order valence-corrected chi connectivity index (χ1v) is 6.17. The van der Waals surface area contributed by atoms with E-state index in [2.05, 4.69) is 21.2 Å². The number of benzene rings is 1. The molecule has 0 aliphatic rings. The molecule has 0 bridgehead atoms. The summed E-state index contributed by atoms with van der Waals surface area (Å²) in [4.78, 5) is 0. The molecule has 3 nitrogen and oxygen atoms in total. The quantitative estimate of drug-likeness (QED) is 0.780. The monoisotopic (exact) mass is 287 g/mol. The van der Waals surface area contributed by atoms with Crippen molar-refractivity contribution in [3.63, 3.8) is 0 Å². The van der Waals surface area contributed by atoms with E-state index in [1.165, 1.54) is 0 Å². The van der Waals surface area contributed by atoms with Crippen molar-refractivity contribution in [2.24, 2.45) is 0 Å². The van der Waals surface area contributed by atoms with E-state index >= 15 is 0 Å². The zero-order chi connectivity index (χ0) is 12.1. The zero-order valence-corrected chi connectivity index (χ0v) is 11.2. The third-order valence-corrected chi connectivity index (χ3v) is 3.00. The Bertz CT molecular complexity index is 342. The molecular formula is C12H18BrNO2. The predicted molar refractivity (Wildman–Crippen MR) is 68.4 cm³/mol. The second kappa shape index (κ2) is 6.23. The average Bonchev–Trinajstić information content (AvgIpc) is 2.19. The highest BCUT2D eigenvalue weighted by Gasteiger charge is 2.06. The molecule has 4 heteroatoms. The molecule has 1 rings (SSSR count). The lowest BCUT2D eigenvalue weighted by Crippen LogP contribution is -2.28. The average molecular weight is 288 g/mol. The number of nitrogens with one attached hydrogen (secondary N) is 1. The standard InChI is InChI=1S/C12H18BrNO2/c1-8(5-9(2)15)14-7-10-3-4-12(16)11(13)6-10/h3-4,6,8-9,14-16H,5,7H2,1-2H3. The maximum Gasteiger partial charge on any atom is 0.129 e. The highest BCUT2D eigenvalue weighted by Crippen LogP contribution is 2.24.